The molecule has 0 radical (unpaired) electrons. The van der Waals surface area contributed by atoms with E-state index in [1.807, 2.05) is 6.92 Å². The van der Waals surface area contributed by atoms with Gasteiger partial charge in [-0.1, -0.05) is 13.3 Å². The van der Waals surface area contributed by atoms with E-state index in [1.165, 1.54) is 19.3 Å². The summed E-state index contributed by atoms with van der Waals surface area (Å²) in [6, 6.07) is 0.612. The zero-order chi connectivity index (χ0) is 12.2. The predicted molar refractivity (Wildman–Crippen MR) is 66.2 cm³/mol. The van der Waals surface area contributed by atoms with Crippen molar-refractivity contribution in [3.8, 4) is 0 Å². The second kappa shape index (κ2) is 5.64. The molecule has 0 saturated carbocycles. The van der Waals surface area contributed by atoms with Gasteiger partial charge in [-0.15, -0.1) is 0 Å². The maximum Gasteiger partial charge on any atom is 0.238 e. The standard InChI is InChI=1S/C12H25N3O/c1-4-10-7-5-6-8-15(10)9-12(2,14-3)11(13)16/h10,14H,4-9H2,1-3H3,(H2,13,16). The van der Waals surface area contributed by atoms with E-state index in [2.05, 4.69) is 17.1 Å². The number of primary amides is 1. The number of rotatable bonds is 5. The molecule has 1 aliphatic heterocycles. The van der Waals surface area contributed by atoms with Crippen LogP contribution < -0.4 is 11.1 Å². The summed E-state index contributed by atoms with van der Waals surface area (Å²) in [5.74, 6) is -0.268. The molecule has 3 N–H and O–H groups in total. The summed E-state index contributed by atoms with van der Waals surface area (Å²) in [7, 11) is 1.80. The molecule has 0 aromatic carbocycles. The first-order valence-corrected chi connectivity index (χ1v) is 6.26. The van der Waals surface area contributed by atoms with E-state index in [0.29, 0.717) is 6.04 Å². The van der Waals surface area contributed by atoms with Gasteiger partial charge >= 0.3 is 0 Å². The van der Waals surface area contributed by atoms with E-state index >= 15 is 0 Å². The number of hydrogen-bond donors (Lipinski definition) is 2. The first-order chi connectivity index (χ1) is 7.53. The number of nitrogens with two attached hydrogens (primary N) is 1. The third-order valence-electron chi connectivity index (χ3n) is 3.84. The summed E-state index contributed by atoms with van der Waals surface area (Å²) in [6.45, 7) is 5.90. The fraction of sp³-hybridized carbons (Fsp3) is 0.917. The first kappa shape index (κ1) is 13.5. The molecule has 4 nitrogen and oxygen atoms in total. The number of nitrogens with one attached hydrogen (secondary N) is 1. The summed E-state index contributed by atoms with van der Waals surface area (Å²) in [6.07, 6.45) is 4.94. The average molecular weight is 227 g/mol. The summed E-state index contributed by atoms with van der Waals surface area (Å²) in [4.78, 5) is 13.9. The highest BCUT2D eigenvalue weighted by atomic mass is 16.1. The van der Waals surface area contributed by atoms with Gasteiger partial charge in [-0.05, 0) is 39.8 Å². The van der Waals surface area contributed by atoms with Crippen LogP contribution in [-0.4, -0.2) is 42.5 Å². The molecule has 94 valence electrons. The summed E-state index contributed by atoms with van der Waals surface area (Å²) < 4.78 is 0. The lowest BCUT2D eigenvalue weighted by Gasteiger charge is -2.40. The molecule has 1 aliphatic rings. The number of nitrogens with zero attached hydrogens (tertiary/aromatic N) is 1. The lowest BCUT2D eigenvalue weighted by atomic mass is 9.95. The Balaban J connectivity index is 2.65. The molecule has 4 heteroatoms. The third-order valence-corrected chi connectivity index (χ3v) is 3.84. The molecule has 1 amide bonds. The minimum Gasteiger partial charge on any atom is -0.368 e. The van der Waals surface area contributed by atoms with E-state index < -0.39 is 5.54 Å². The quantitative estimate of drug-likeness (QED) is 0.727. The molecule has 1 rings (SSSR count). The SMILES string of the molecule is CCC1CCCCN1CC(C)(NC)C(N)=O. The van der Waals surface area contributed by atoms with Crippen molar-refractivity contribution in [2.24, 2.45) is 5.73 Å². The molecule has 1 heterocycles. The Morgan fingerprint density at radius 1 is 1.56 bits per heavy atom. The molecule has 16 heavy (non-hydrogen) atoms. The van der Waals surface area contributed by atoms with Crippen molar-refractivity contribution in [1.82, 2.24) is 10.2 Å². The van der Waals surface area contributed by atoms with Gasteiger partial charge in [0.2, 0.25) is 5.91 Å². The van der Waals surface area contributed by atoms with Crippen molar-refractivity contribution in [2.45, 2.75) is 51.1 Å². The molecular formula is C12H25N3O. The van der Waals surface area contributed by atoms with Crippen molar-refractivity contribution >= 4 is 5.91 Å². The van der Waals surface area contributed by atoms with Crippen LogP contribution in [0.25, 0.3) is 0 Å². The molecule has 1 fully saturated rings. The average Bonchev–Trinajstić information content (AvgIpc) is 2.29. The molecule has 0 aromatic rings. The highest BCUT2D eigenvalue weighted by Gasteiger charge is 2.34. The molecule has 2 unspecified atom stereocenters. The van der Waals surface area contributed by atoms with Crippen LogP contribution >= 0.6 is 0 Å². The van der Waals surface area contributed by atoms with Crippen LogP contribution in [0.15, 0.2) is 0 Å². The van der Waals surface area contributed by atoms with E-state index in [-0.39, 0.29) is 5.91 Å². The zero-order valence-electron chi connectivity index (χ0n) is 10.8. The van der Waals surface area contributed by atoms with Crippen molar-refractivity contribution < 1.29 is 4.79 Å². The Morgan fingerprint density at radius 3 is 2.75 bits per heavy atom. The molecule has 1 saturated heterocycles. The Bertz CT molecular complexity index is 244. The Labute approximate surface area is 98.6 Å². The van der Waals surface area contributed by atoms with Crippen molar-refractivity contribution in [3.63, 3.8) is 0 Å². The van der Waals surface area contributed by atoms with Crippen LogP contribution in [0.1, 0.15) is 39.5 Å². The maximum atomic E-state index is 11.5. The molecule has 0 spiro atoms. The number of likely N-dealkylation sites (N-methyl/N-ethyl adjacent to an activating group) is 1. The smallest absolute Gasteiger partial charge is 0.238 e. The van der Waals surface area contributed by atoms with Crippen molar-refractivity contribution in [1.29, 1.82) is 0 Å². The van der Waals surface area contributed by atoms with E-state index in [1.54, 1.807) is 7.05 Å². The summed E-state index contributed by atoms with van der Waals surface area (Å²) in [5, 5.41) is 3.05. The van der Waals surface area contributed by atoms with Crippen LogP contribution in [0.3, 0.4) is 0 Å². The van der Waals surface area contributed by atoms with Gasteiger partial charge in [0.1, 0.15) is 5.54 Å². The normalized spacial score (nSPS) is 26.3. The number of carbonyl (C=O) groups is 1. The van der Waals surface area contributed by atoms with Crippen LogP contribution in [0.2, 0.25) is 0 Å². The Morgan fingerprint density at radius 2 is 2.25 bits per heavy atom. The Hall–Kier alpha value is -0.610. The lowest BCUT2D eigenvalue weighted by Crippen LogP contribution is -2.60. The van der Waals surface area contributed by atoms with E-state index in [4.69, 9.17) is 5.73 Å². The van der Waals surface area contributed by atoms with Gasteiger partial charge in [-0.2, -0.15) is 0 Å². The molecule has 0 aromatic heterocycles. The predicted octanol–water partition coefficient (Wildman–Crippen LogP) is 0.714. The number of likely N-dealkylation sites (tertiary alicyclic amines) is 1. The minimum atomic E-state index is -0.606. The van der Waals surface area contributed by atoms with Gasteiger partial charge < -0.3 is 11.1 Å². The highest BCUT2D eigenvalue weighted by Crippen LogP contribution is 2.21. The first-order valence-electron chi connectivity index (χ1n) is 6.26. The van der Waals surface area contributed by atoms with E-state index in [0.717, 1.165) is 19.5 Å². The van der Waals surface area contributed by atoms with Crippen molar-refractivity contribution in [2.75, 3.05) is 20.1 Å². The lowest BCUT2D eigenvalue weighted by molar-refractivity contribution is -0.124. The number of hydrogen-bond acceptors (Lipinski definition) is 3. The fourth-order valence-electron chi connectivity index (χ4n) is 2.42. The summed E-state index contributed by atoms with van der Waals surface area (Å²) in [5.41, 5.74) is 4.85. The molecular weight excluding hydrogens is 202 g/mol. The third kappa shape index (κ3) is 2.95. The van der Waals surface area contributed by atoms with Gasteiger partial charge in [0.25, 0.3) is 0 Å². The van der Waals surface area contributed by atoms with Crippen LogP contribution in [0, 0.1) is 0 Å². The number of amides is 1. The second-order valence-electron chi connectivity index (χ2n) is 4.97. The van der Waals surface area contributed by atoms with Gasteiger partial charge in [0.15, 0.2) is 0 Å². The largest absolute Gasteiger partial charge is 0.368 e. The van der Waals surface area contributed by atoms with Crippen LogP contribution in [-0.2, 0) is 4.79 Å². The molecule has 0 bridgehead atoms. The minimum absolute atomic E-state index is 0.268. The van der Waals surface area contributed by atoms with Gasteiger partial charge in [-0.3, -0.25) is 9.69 Å². The topological polar surface area (TPSA) is 58.4 Å². The van der Waals surface area contributed by atoms with Gasteiger partial charge in [0.05, 0.1) is 0 Å². The van der Waals surface area contributed by atoms with E-state index in [9.17, 15) is 4.79 Å². The Kier molecular flexibility index (Phi) is 4.74. The second-order valence-corrected chi connectivity index (χ2v) is 4.97. The van der Waals surface area contributed by atoms with Crippen molar-refractivity contribution in [3.05, 3.63) is 0 Å². The van der Waals surface area contributed by atoms with Gasteiger partial charge in [-0.25, -0.2) is 0 Å². The fourth-order valence-corrected chi connectivity index (χ4v) is 2.42. The zero-order valence-corrected chi connectivity index (χ0v) is 10.8. The van der Waals surface area contributed by atoms with Gasteiger partial charge in [0, 0.05) is 12.6 Å². The number of carbonyl (C=O) groups excluding carboxylic acids is 1. The highest BCUT2D eigenvalue weighted by molar-refractivity contribution is 5.84. The van der Waals surface area contributed by atoms with Crippen LogP contribution in [0.5, 0.6) is 0 Å². The monoisotopic (exact) mass is 227 g/mol. The van der Waals surface area contributed by atoms with Crippen LogP contribution in [0.4, 0.5) is 0 Å². The molecule has 0 aliphatic carbocycles. The summed E-state index contributed by atoms with van der Waals surface area (Å²) >= 11 is 0. The number of piperidine rings is 1. The molecule has 2 atom stereocenters. The maximum absolute atomic E-state index is 11.5.